The number of halogens is 1. The average molecular weight is 406 g/mol. The minimum Gasteiger partial charge on any atom is -0.449 e. The van der Waals surface area contributed by atoms with Crippen LogP contribution in [-0.4, -0.2) is 59.9 Å². The molecule has 1 aromatic rings. The van der Waals surface area contributed by atoms with Crippen LogP contribution in [0.2, 0.25) is 5.15 Å². The predicted molar refractivity (Wildman–Crippen MR) is 106 cm³/mol. The summed E-state index contributed by atoms with van der Waals surface area (Å²) < 4.78 is 5.74. The monoisotopic (exact) mass is 405 g/mol. The lowest BCUT2D eigenvalue weighted by Gasteiger charge is -2.37. The number of aromatic nitrogens is 1. The highest BCUT2D eigenvalue weighted by molar-refractivity contribution is 6.29. The fourth-order valence-electron chi connectivity index (χ4n) is 4.84. The number of amides is 1. The maximum Gasteiger partial charge on any atom is 0.358 e. The van der Waals surface area contributed by atoms with Gasteiger partial charge in [-0.25, -0.2) is 9.78 Å². The van der Waals surface area contributed by atoms with Gasteiger partial charge in [0.25, 0.3) is 0 Å². The molecule has 1 amide bonds. The molecule has 0 unspecified atom stereocenters. The van der Waals surface area contributed by atoms with Gasteiger partial charge in [0.05, 0.1) is 0 Å². The van der Waals surface area contributed by atoms with Gasteiger partial charge in [0.15, 0.2) is 5.69 Å². The van der Waals surface area contributed by atoms with E-state index in [-0.39, 0.29) is 11.8 Å². The van der Waals surface area contributed by atoms with Crippen LogP contribution in [0, 0.1) is 5.92 Å². The fraction of sp³-hybridized carbons (Fsp3) is 0.667. The van der Waals surface area contributed by atoms with Crippen molar-refractivity contribution in [2.75, 3.05) is 33.2 Å². The third kappa shape index (κ3) is 3.77. The number of rotatable bonds is 4. The molecule has 3 aliphatic rings. The fourth-order valence-corrected chi connectivity index (χ4v) is 4.99. The van der Waals surface area contributed by atoms with Crippen molar-refractivity contribution in [3.63, 3.8) is 0 Å². The molecule has 6 nitrogen and oxygen atoms in total. The van der Waals surface area contributed by atoms with Gasteiger partial charge in [0.2, 0.25) is 5.91 Å². The van der Waals surface area contributed by atoms with E-state index in [1.54, 1.807) is 6.07 Å². The number of esters is 1. The first-order chi connectivity index (χ1) is 13.5. The number of hydrogen-bond donors (Lipinski definition) is 0. The lowest BCUT2D eigenvalue weighted by molar-refractivity contribution is -0.137. The van der Waals surface area contributed by atoms with Crippen molar-refractivity contribution in [3.05, 3.63) is 28.5 Å². The second-order valence-electron chi connectivity index (χ2n) is 8.35. The molecule has 0 N–H and O–H groups in total. The molecule has 152 valence electrons. The minimum absolute atomic E-state index is 0.00000716. The Kier molecular flexibility index (Phi) is 5.61. The zero-order valence-electron chi connectivity index (χ0n) is 16.5. The molecular formula is C21H28ClN3O3. The number of carbonyl (C=O) groups is 2. The van der Waals surface area contributed by atoms with E-state index in [0.717, 1.165) is 44.6 Å². The summed E-state index contributed by atoms with van der Waals surface area (Å²) in [4.78, 5) is 33.6. The maximum atomic E-state index is 12.9. The van der Waals surface area contributed by atoms with Crippen LogP contribution < -0.4 is 0 Å². The summed E-state index contributed by atoms with van der Waals surface area (Å²) >= 11 is 5.93. The van der Waals surface area contributed by atoms with E-state index in [4.69, 9.17) is 16.3 Å². The van der Waals surface area contributed by atoms with Gasteiger partial charge in [-0.3, -0.25) is 4.79 Å². The number of likely N-dealkylation sites (tertiary alicyclic amines) is 1. The summed E-state index contributed by atoms with van der Waals surface area (Å²) in [7, 11) is 1.91. The number of ether oxygens (including phenoxy) is 1. The highest BCUT2D eigenvalue weighted by Gasteiger charge is 2.49. The van der Waals surface area contributed by atoms with E-state index in [0.29, 0.717) is 23.7 Å². The SMILES string of the molecule is CN(CCN1CCCCC1)C(=O)[C@H]1CC[C@@]2(CC1)OC(=O)c1nc(Cl)ccc12. The summed E-state index contributed by atoms with van der Waals surface area (Å²) in [6, 6.07) is 3.55. The Hall–Kier alpha value is -1.66. The number of carbonyl (C=O) groups excluding carboxylic acids is 2. The number of hydrogen-bond acceptors (Lipinski definition) is 5. The van der Waals surface area contributed by atoms with Crippen LogP contribution in [0.15, 0.2) is 12.1 Å². The number of nitrogens with zero attached hydrogens (tertiary/aromatic N) is 3. The molecule has 1 saturated carbocycles. The quantitative estimate of drug-likeness (QED) is 0.568. The van der Waals surface area contributed by atoms with E-state index >= 15 is 0 Å². The lowest BCUT2D eigenvalue weighted by atomic mass is 9.75. The van der Waals surface area contributed by atoms with E-state index in [1.165, 1.54) is 19.3 Å². The molecule has 0 bridgehead atoms. The standard InChI is InChI=1S/C21H28ClN3O3/c1-24(13-14-25-11-3-2-4-12-25)19(26)15-7-9-21(10-8-15)16-5-6-17(22)23-18(16)20(27)28-21/h5-6,15H,2-4,7-14H2,1H3/t15-,21-. The Morgan fingerprint density at radius 3 is 2.71 bits per heavy atom. The van der Waals surface area contributed by atoms with E-state index in [1.807, 2.05) is 18.0 Å². The molecule has 1 aromatic heterocycles. The van der Waals surface area contributed by atoms with Crippen molar-refractivity contribution in [3.8, 4) is 0 Å². The zero-order valence-corrected chi connectivity index (χ0v) is 17.2. The summed E-state index contributed by atoms with van der Waals surface area (Å²) in [5, 5.41) is 0.298. The minimum atomic E-state index is -0.632. The molecule has 0 radical (unpaired) electrons. The Balaban J connectivity index is 1.34. The van der Waals surface area contributed by atoms with Crippen molar-refractivity contribution in [1.29, 1.82) is 0 Å². The van der Waals surface area contributed by atoms with E-state index in [9.17, 15) is 9.59 Å². The predicted octanol–water partition coefficient (Wildman–Crippen LogP) is 3.24. The van der Waals surface area contributed by atoms with Crippen molar-refractivity contribution in [2.24, 2.45) is 5.92 Å². The molecule has 2 fully saturated rings. The van der Waals surface area contributed by atoms with Crippen molar-refractivity contribution >= 4 is 23.5 Å². The van der Waals surface area contributed by atoms with Crippen LogP contribution in [0.4, 0.5) is 0 Å². The molecule has 7 heteroatoms. The maximum absolute atomic E-state index is 12.9. The topological polar surface area (TPSA) is 62.7 Å². The van der Waals surface area contributed by atoms with Crippen LogP contribution >= 0.6 is 11.6 Å². The first-order valence-electron chi connectivity index (χ1n) is 10.4. The van der Waals surface area contributed by atoms with Gasteiger partial charge in [-0.2, -0.15) is 0 Å². The average Bonchev–Trinajstić information content (AvgIpc) is 2.97. The summed E-state index contributed by atoms with van der Waals surface area (Å²) in [5.41, 5.74) is 0.523. The van der Waals surface area contributed by atoms with E-state index < -0.39 is 11.6 Å². The van der Waals surface area contributed by atoms with Crippen LogP contribution in [-0.2, 0) is 15.1 Å². The number of likely N-dealkylation sites (N-methyl/N-ethyl adjacent to an activating group) is 1. The highest BCUT2D eigenvalue weighted by atomic mass is 35.5. The summed E-state index contributed by atoms with van der Waals surface area (Å²) in [6.45, 7) is 4.03. The molecule has 0 aromatic carbocycles. The Morgan fingerprint density at radius 2 is 2.00 bits per heavy atom. The normalized spacial score (nSPS) is 27.5. The van der Waals surface area contributed by atoms with Crippen LogP contribution in [0.1, 0.15) is 61.0 Å². The van der Waals surface area contributed by atoms with Crippen molar-refractivity contribution in [2.45, 2.75) is 50.5 Å². The Morgan fingerprint density at radius 1 is 1.29 bits per heavy atom. The second-order valence-corrected chi connectivity index (χ2v) is 8.74. The van der Waals surface area contributed by atoms with Crippen molar-refractivity contribution in [1.82, 2.24) is 14.8 Å². The zero-order chi connectivity index (χ0) is 19.7. The van der Waals surface area contributed by atoms with Gasteiger partial charge in [-0.15, -0.1) is 0 Å². The van der Waals surface area contributed by atoms with Gasteiger partial charge in [-0.1, -0.05) is 18.0 Å². The molecule has 3 heterocycles. The second kappa shape index (κ2) is 7.99. The number of fused-ring (bicyclic) bond motifs is 2. The molecule has 1 spiro atoms. The Labute approximate surface area is 171 Å². The van der Waals surface area contributed by atoms with Gasteiger partial charge in [0.1, 0.15) is 10.8 Å². The molecule has 2 aliphatic heterocycles. The Bertz CT molecular complexity index is 755. The molecule has 1 aliphatic carbocycles. The summed E-state index contributed by atoms with van der Waals surface area (Å²) in [5.74, 6) is -0.188. The largest absolute Gasteiger partial charge is 0.449 e. The molecule has 1 saturated heterocycles. The lowest BCUT2D eigenvalue weighted by Crippen LogP contribution is -2.43. The third-order valence-corrected chi connectivity index (χ3v) is 6.76. The van der Waals surface area contributed by atoms with Gasteiger partial charge < -0.3 is 14.5 Å². The van der Waals surface area contributed by atoms with Gasteiger partial charge in [0, 0.05) is 31.6 Å². The number of pyridine rings is 1. The number of piperidine rings is 1. The van der Waals surface area contributed by atoms with Crippen molar-refractivity contribution < 1.29 is 14.3 Å². The molecular weight excluding hydrogens is 378 g/mol. The van der Waals surface area contributed by atoms with Crippen LogP contribution in [0.5, 0.6) is 0 Å². The van der Waals surface area contributed by atoms with Crippen LogP contribution in [0.3, 0.4) is 0 Å². The first kappa shape index (κ1) is 19.6. The molecule has 0 atom stereocenters. The van der Waals surface area contributed by atoms with Gasteiger partial charge in [-0.05, 0) is 63.7 Å². The van der Waals surface area contributed by atoms with E-state index in [2.05, 4.69) is 9.88 Å². The smallest absolute Gasteiger partial charge is 0.358 e. The molecule has 4 rings (SSSR count). The molecule has 28 heavy (non-hydrogen) atoms. The summed E-state index contributed by atoms with van der Waals surface area (Å²) in [6.07, 6.45) is 6.62. The van der Waals surface area contributed by atoms with Crippen LogP contribution in [0.25, 0.3) is 0 Å². The first-order valence-corrected chi connectivity index (χ1v) is 10.7. The third-order valence-electron chi connectivity index (χ3n) is 6.55. The van der Waals surface area contributed by atoms with Gasteiger partial charge >= 0.3 is 5.97 Å². The highest BCUT2D eigenvalue weighted by Crippen LogP contribution is 2.48.